The van der Waals surface area contributed by atoms with E-state index in [1.165, 1.54) is 4.90 Å². The number of anilines is 1. The van der Waals surface area contributed by atoms with Crippen LogP contribution in [-0.2, 0) is 14.3 Å². The SMILES string of the molecule is CCOC(=O)CCN(C(=O)OC(C)(C)C)c1ccn2ncc(-c3cccc(C=O)c3)c2n1. The number of benzene rings is 1. The van der Waals surface area contributed by atoms with Crippen LogP contribution in [0.3, 0.4) is 0 Å². The number of amides is 1. The van der Waals surface area contributed by atoms with Gasteiger partial charge >= 0.3 is 12.1 Å². The van der Waals surface area contributed by atoms with E-state index in [0.29, 0.717) is 22.6 Å². The molecular weight excluding hydrogens is 412 g/mol. The Morgan fingerprint density at radius 1 is 1.22 bits per heavy atom. The van der Waals surface area contributed by atoms with Gasteiger partial charge in [0.2, 0.25) is 0 Å². The first-order valence-corrected chi connectivity index (χ1v) is 10.3. The van der Waals surface area contributed by atoms with E-state index in [2.05, 4.69) is 10.1 Å². The smallest absolute Gasteiger partial charge is 0.416 e. The highest BCUT2D eigenvalue weighted by molar-refractivity contribution is 5.89. The summed E-state index contributed by atoms with van der Waals surface area (Å²) in [5.74, 6) is -0.109. The van der Waals surface area contributed by atoms with Crippen molar-refractivity contribution in [2.45, 2.75) is 39.7 Å². The van der Waals surface area contributed by atoms with E-state index < -0.39 is 17.7 Å². The zero-order valence-corrected chi connectivity index (χ0v) is 18.6. The van der Waals surface area contributed by atoms with Gasteiger partial charge in [-0.25, -0.2) is 14.3 Å². The van der Waals surface area contributed by atoms with Crippen LogP contribution >= 0.6 is 0 Å². The highest BCUT2D eigenvalue weighted by atomic mass is 16.6. The number of hydrogen-bond acceptors (Lipinski definition) is 7. The molecule has 0 saturated heterocycles. The zero-order valence-electron chi connectivity index (χ0n) is 18.6. The molecule has 0 atom stereocenters. The lowest BCUT2D eigenvalue weighted by Crippen LogP contribution is -2.38. The van der Waals surface area contributed by atoms with Gasteiger partial charge in [-0.15, -0.1) is 0 Å². The van der Waals surface area contributed by atoms with Crippen molar-refractivity contribution in [3.63, 3.8) is 0 Å². The van der Waals surface area contributed by atoms with Crippen molar-refractivity contribution in [1.82, 2.24) is 14.6 Å². The van der Waals surface area contributed by atoms with Gasteiger partial charge in [0.05, 0.1) is 19.2 Å². The number of carbonyl (C=O) groups is 3. The molecule has 1 aromatic carbocycles. The van der Waals surface area contributed by atoms with E-state index >= 15 is 0 Å². The first kappa shape index (κ1) is 22.9. The fourth-order valence-electron chi connectivity index (χ4n) is 3.05. The van der Waals surface area contributed by atoms with E-state index in [-0.39, 0.29) is 19.6 Å². The summed E-state index contributed by atoms with van der Waals surface area (Å²) in [7, 11) is 0. The lowest BCUT2D eigenvalue weighted by atomic mass is 10.1. The van der Waals surface area contributed by atoms with Gasteiger partial charge in [-0.05, 0) is 45.4 Å². The normalized spacial score (nSPS) is 11.2. The molecule has 2 heterocycles. The van der Waals surface area contributed by atoms with Gasteiger partial charge in [-0.1, -0.05) is 18.2 Å². The maximum absolute atomic E-state index is 12.9. The third kappa shape index (κ3) is 5.48. The Labute approximate surface area is 186 Å². The second kappa shape index (κ2) is 9.59. The van der Waals surface area contributed by atoms with E-state index in [1.54, 1.807) is 68.9 Å². The number of hydrogen-bond donors (Lipinski definition) is 0. The zero-order chi connectivity index (χ0) is 23.3. The third-order valence-electron chi connectivity index (χ3n) is 4.42. The summed E-state index contributed by atoms with van der Waals surface area (Å²) in [5, 5.41) is 4.31. The average molecular weight is 438 g/mol. The Morgan fingerprint density at radius 2 is 2.00 bits per heavy atom. The number of fused-ring (bicyclic) bond motifs is 1. The van der Waals surface area contributed by atoms with Gasteiger partial charge in [-0.2, -0.15) is 5.10 Å². The van der Waals surface area contributed by atoms with Gasteiger partial charge < -0.3 is 9.47 Å². The second-order valence-electron chi connectivity index (χ2n) is 8.04. The summed E-state index contributed by atoms with van der Waals surface area (Å²) in [4.78, 5) is 41.9. The molecule has 9 nitrogen and oxygen atoms in total. The van der Waals surface area contributed by atoms with Crippen LogP contribution in [-0.4, -0.2) is 51.7 Å². The van der Waals surface area contributed by atoms with Crippen LogP contribution in [0.2, 0.25) is 0 Å². The summed E-state index contributed by atoms with van der Waals surface area (Å²) >= 11 is 0. The van der Waals surface area contributed by atoms with Gasteiger partial charge in [0.15, 0.2) is 5.65 Å². The minimum atomic E-state index is -0.722. The molecule has 0 spiro atoms. The number of aromatic nitrogens is 3. The number of nitrogens with zero attached hydrogens (tertiary/aromatic N) is 4. The molecule has 0 aliphatic rings. The van der Waals surface area contributed by atoms with E-state index in [9.17, 15) is 14.4 Å². The Bertz CT molecular complexity index is 1130. The van der Waals surface area contributed by atoms with Crippen LogP contribution in [0, 0.1) is 0 Å². The summed E-state index contributed by atoms with van der Waals surface area (Å²) in [6.45, 7) is 7.32. The van der Waals surface area contributed by atoms with Crippen LogP contribution in [0.4, 0.5) is 10.6 Å². The summed E-state index contributed by atoms with van der Waals surface area (Å²) in [6.07, 6.45) is 3.46. The molecule has 0 saturated carbocycles. The monoisotopic (exact) mass is 438 g/mol. The van der Waals surface area contributed by atoms with E-state index in [1.807, 2.05) is 6.07 Å². The molecule has 9 heteroatoms. The van der Waals surface area contributed by atoms with Crippen molar-refractivity contribution in [1.29, 1.82) is 0 Å². The maximum Gasteiger partial charge on any atom is 0.416 e. The molecule has 0 bridgehead atoms. The summed E-state index contributed by atoms with van der Waals surface area (Å²) in [5.41, 5.74) is 1.77. The Morgan fingerprint density at radius 3 is 2.69 bits per heavy atom. The molecule has 0 N–H and O–H groups in total. The van der Waals surface area contributed by atoms with Gasteiger partial charge in [-0.3, -0.25) is 14.5 Å². The van der Waals surface area contributed by atoms with Crippen LogP contribution in [0.15, 0.2) is 42.7 Å². The summed E-state index contributed by atoms with van der Waals surface area (Å²) in [6, 6.07) is 8.70. The average Bonchev–Trinajstić information content (AvgIpc) is 3.16. The van der Waals surface area contributed by atoms with Crippen LogP contribution in [0.1, 0.15) is 44.5 Å². The number of aldehydes is 1. The topological polar surface area (TPSA) is 103 Å². The van der Waals surface area contributed by atoms with Gasteiger partial charge in [0, 0.05) is 23.9 Å². The largest absolute Gasteiger partial charge is 0.466 e. The second-order valence-corrected chi connectivity index (χ2v) is 8.04. The first-order valence-electron chi connectivity index (χ1n) is 10.3. The molecule has 0 aliphatic carbocycles. The van der Waals surface area contributed by atoms with Crippen LogP contribution in [0.25, 0.3) is 16.8 Å². The Balaban J connectivity index is 2.00. The van der Waals surface area contributed by atoms with Gasteiger partial charge in [0.25, 0.3) is 0 Å². The Hall–Kier alpha value is -3.75. The van der Waals surface area contributed by atoms with Gasteiger partial charge in [0.1, 0.15) is 17.7 Å². The molecule has 0 aliphatic heterocycles. The molecule has 0 fully saturated rings. The molecule has 0 unspecified atom stereocenters. The molecule has 3 aromatic rings. The Kier molecular flexibility index (Phi) is 6.87. The number of esters is 1. The number of carbonyl (C=O) groups excluding carboxylic acids is 3. The molecule has 1 amide bonds. The molecule has 2 aromatic heterocycles. The quantitative estimate of drug-likeness (QED) is 0.407. The standard InChI is InChI=1S/C23H26N4O5/c1-5-31-20(29)10-11-26(22(30)32-23(2,3)4)19-9-12-27-21(25-19)18(14-24-27)17-8-6-7-16(13-17)15-28/h6-9,12-15H,5,10-11H2,1-4H3. The molecule has 168 valence electrons. The lowest BCUT2D eigenvalue weighted by Gasteiger charge is -2.26. The molecule has 3 rings (SSSR count). The van der Waals surface area contributed by atoms with Crippen LogP contribution < -0.4 is 4.90 Å². The minimum absolute atomic E-state index is 0.00651. The van der Waals surface area contributed by atoms with Crippen molar-refractivity contribution in [3.05, 3.63) is 48.3 Å². The predicted molar refractivity (Wildman–Crippen MR) is 119 cm³/mol. The number of ether oxygens (including phenoxy) is 2. The highest BCUT2D eigenvalue weighted by Gasteiger charge is 2.26. The molecule has 0 radical (unpaired) electrons. The first-order chi connectivity index (χ1) is 15.2. The van der Waals surface area contributed by atoms with Crippen LogP contribution in [0.5, 0.6) is 0 Å². The van der Waals surface area contributed by atoms with E-state index in [0.717, 1.165) is 11.8 Å². The lowest BCUT2D eigenvalue weighted by molar-refractivity contribution is -0.142. The van der Waals surface area contributed by atoms with Crippen molar-refractivity contribution in [3.8, 4) is 11.1 Å². The third-order valence-corrected chi connectivity index (χ3v) is 4.42. The number of rotatable bonds is 7. The maximum atomic E-state index is 12.9. The fraction of sp³-hybridized carbons (Fsp3) is 0.348. The van der Waals surface area contributed by atoms with Crippen molar-refractivity contribution < 1.29 is 23.9 Å². The molecular formula is C23H26N4O5. The van der Waals surface area contributed by atoms with Crippen molar-refractivity contribution in [2.75, 3.05) is 18.1 Å². The van der Waals surface area contributed by atoms with E-state index in [4.69, 9.17) is 9.47 Å². The fourth-order valence-corrected chi connectivity index (χ4v) is 3.05. The molecule has 32 heavy (non-hydrogen) atoms. The highest BCUT2D eigenvalue weighted by Crippen LogP contribution is 2.26. The summed E-state index contributed by atoms with van der Waals surface area (Å²) < 4.78 is 12.1. The minimum Gasteiger partial charge on any atom is -0.466 e. The van der Waals surface area contributed by atoms with Crippen molar-refractivity contribution in [2.24, 2.45) is 0 Å². The predicted octanol–water partition coefficient (Wildman–Crippen LogP) is 3.90. The van der Waals surface area contributed by atoms with Crippen molar-refractivity contribution >= 4 is 29.8 Å².